The Hall–Kier alpha value is -1.96. The highest BCUT2D eigenvalue weighted by atomic mass is 15.2. The number of para-hydroxylation sites is 2. The number of nitrogens with one attached hydrogen (secondary N) is 1. The predicted molar refractivity (Wildman–Crippen MR) is 81.7 cm³/mol. The molecule has 19 heavy (non-hydrogen) atoms. The Morgan fingerprint density at radius 1 is 0.842 bits per heavy atom. The zero-order valence-electron chi connectivity index (χ0n) is 11.2. The molecule has 3 rings (SSSR count). The minimum atomic E-state index is 0.881. The Bertz CT molecular complexity index is 516. The van der Waals surface area contributed by atoms with E-state index in [1.54, 1.807) is 0 Å². The first kappa shape index (κ1) is 12.1. The van der Waals surface area contributed by atoms with Gasteiger partial charge in [0.1, 0.15) is 0 Å². The van der Waals surface area contributed by atoms with E-state index in [1.807, 2.05) is 0 Å². The number of hydrogen-bond donors (Lipinski definition) is 1. The van der Waals surface area contributed by atoms with Crippen LogP contribution in [-0.4, -0.2) is 13.1 Å². The second-order valence-corrected chi connectivity index (χ2v) is 5.05. The number of hydrogen-bond acceptors (Lipinski definition) is 2. The molecule has 1 aliphatic heterocycles. The third-order valence-electron chi connectivity index (χ3n) is 3.68. The topological polar surface area (TPSA) is 15.3 Å². The molecule has 2 aromatic rings. The second kappa shape index (κ2) is 5.79. The summed E-state index contributed by atoms with van der Waals surface area (Å²) < 4.78 is 0. The summed E-state index contributed by atoms with van der Waals surface area (Å²) in [6, 6.07) is 19.2. The summed E-state index contributed by atoms with van der Waals surface area (Å²) in [5.74, 6) is 0. The van der Waals surface area contributed by atoms with Crippen LogP contribution in [0.25, 0.3) is 0 Å². The van der Waals surface area contributed by atoms with Gasteiger partial charge in [-0.05, 0) is 30.5 Å². The Labute approximate surface area is 115 Å². The van der Waals surface area contributed by atoms with E-state index in [4.69, 9.17) is 0 Å². The number of benzene rings is 2. The van der Waals surface area contributed by atoms with Crippen molar-refractivity contribution >= 4 is 11.4 Å². The Kier molecular flexibility index (Phi) is 3.68. The monoisotopic (exact) mass is 252 g/mol. The van der Waals surface area contributed by atoms with Gasteiger partial charge < -0.3 is 10.2 Å². The Balaban J connectivity index is 1.73. The van der Waals surface area contributed by atoms with Crippen LogP contribution < -0.4 is 10.2 Å². The Morgan fingerprint density at radius 3 is 2.32 bits per heavy atom. The lowest BCUT2D eigenvalue weighted by Gasteiger charge is -2.22. The zero-order valence-corrected chi connectivity index (χ0v) is 11.2. The largest absolute Gasteiger partial charge is 0.379 e. The van der Waals surface area contributed by atoms with Gasteiger partial charge in [-0.15, -0.1) is 0 Å². The SMILES string of the molecule is c1ccc(CNc2ccccc2N2CCCC2)cc1. The van der Waals surface area contributed by atoms with Gasteiger partial charge in [0.25, 0.3) is 0 Å². The first-order valence-electron chi connectivity index (χ1n) is 7.05. The summed E-state index contributed by atoms with van der Waals surface area (Å²) in [6.07, 6.45) is 2.63. The van der Waals surface area contributed by atoms with E-state index in [0.717, 1.165) is 6.54 Å². The maximum absolute atomic E-state index is 3.56. The van der Waals surface area contributed by atoms with Crippen molar-refractivity contribution in [3.05, 3.63) is 60.2 Å². The highest BCUT2D eigenvalue weighted by molar-refractivity contribution is 5.70. The van der Waals surface area contributed by atoms with E-state index in [-0.39, 0.29) is 0 Å². The van der Waals surface area contributed by atoms with E-state index in [2.05, 4.69) is 64.8 Å². The van der Waals surface area contributed by atoms with Gasteiger partial charge in [-0.25, -0.2) is 0 Å². The molecule has 0 unspecified atom stereocenters. The summed E-state index contributed by atoms with van der Waals surface area (Å²) in [4.78, 5) is 2.48. The zero-order chi connectivity index (χ0) is 12.9. The van der Waals surface area contributed by atoms with Crippen molar-refractivity contribution in [3.63, 3.8) is 0 Å². The lowest BCUT2D eigenvalue weighted by Crippen LogP contribution is -2.19. The van der Waals surface area contributed by atoms with Crippen molar-refractivity contribution in [3.8, 4) is 0 Å². The highest BCUT2D eigenvalue weighted by Gasteiger charge is 2.14. The lowest BCUT2D eigenvalue weighted by molar-refractivity contribution is 0.949. The minimum absolute atomic E-state index is 0.881. The van der Waals surface area contributed by atoms with Crippen LogP contribution in [0, 0.1) is 0 Å². The fraction of sp³-hybridized carbons (Fsp3) is 0.294. The van der Waals surface area contributed by atoms with Crippen LogP contribution >= 0.6 is 0 Å². The average Bonchev–Trinajstić information content (AvgIpc) is 3.01. The number of anilines is 2. The molecule has 0 aliphatic carbocycles. The summed E-state index contributed by atoms with van der Waals surface area (Å²) >= 11 is 0. The highest BCUT2D eigenvalue weighted by Crippen LogP contribution is 2.28. The number of nitrogens with zero attached hydrogens (tertiary/aromatic N) is 1. The van der Waals surface area contributed by atoms with Crippen LogP contribution in [0.3, 0.4) is 0 Å². The molecular weight excluding hydrogens is 232 g/mol. The van der Waals surface area contributed by atoms with Gasteiger partial charge in [-0.3, -0.25) is 0 Å². The first-order chi connectivity index (χ1) is 9.43. The third kappa shape index (κ3) is 2.90. The molecule has 1 aliphatic rings. The molecule has 98 valence electrons. The van der Waals surface area contributed by atoms with Crippen molar-refractivity contribution in [2.24, 2.45) is 0 Å². The normalized spacial score (nSPS) is 14.6. The van der Waals surface area contributed by atoms with E-state index in [0.29, 0.717) is 0 Å². The van der Waals surface area contributed by atoms with Crippen molar-refractivity contribution < 1.29 is 0 Å². The van der Waals surface area contributed by atoms with Crippen LogP contribution in [0.4, 0.5) is 11.4 Å². The fourth-order valence-electron chi connectivity index (χ4n) is 2.65. The predicted octanol–water partition coefficient (Wildman–Crippen LogP) is 3.90. The van der Waals surface area contributed by atoms with Crippen LogP contribution in [0.15, 0.2) is 54.6 Å². The summed E-state index contributed by atoms with van der Waals surface area (Å²) in [5, 5.41) is 3.56. The molecular formula is C17H20N2. The molecule has 0 saturated carbocycles. The van der Waals surface area contributed by atoms with Gasteiger partial charge in [-0.1, -0.05) is 42.5 Å². The van der Waals surface area contributed by atoms with E-state index < -0.39 is 0 Å². The van der Waals surface area contributed by atoms with Gasteiger partial charge in [-0.2, -0.15) is 0 Å². The first-order valence-corrected chi connectivity index (χ1v) is 7.05. The third-order valence-corrected chi connectivity index (χ3v) is 3.68. The molecule has 0 spiro atoms. The minimum Gasteiger partial charge on any atom is -0.379 e. The summed E-state index contributed by atoms with van der Waals surface area (Å²) in [7, 11) is 0. The standard InChI is InChI=1S/C17H20N2/c1-2-8-15(9-3-1)14-18-16-10-4-5-11-17(16)19-12-6-7-13-19/h1-5,8-11,18H,6-7,12-14H2. The van der Waals surface area contributed by atoms with Crippen molar-refractivity contribution in [1.82, 2.24) is 0 Å². The van der Waals surface area contributed by atoms with Gasteiger partial charge >= 0.3 is 0 Å². The molecule has 2 heteroatoms. The van der Waals surface area contributed by atoms with E-state index in [9.17, 15) is 0 Å². The van der Waals surface area contributed by atoms with E-state index >= 15 is 0 Å². The summed E-state index contributed by atoms with van der Waals surface area (Å²) in [6.45, 7) is 3.25. The van der Waals surface area contributed by atoms with Gasteiger partial charge in [0.05, 0.1) is 11.4 Å². The van der Waals surface area contributed by atoms with Crippen LogP contribution in [0.2, 0.25) is 0 Å². The molecule has 0 radical (unpaired) electrons. The molecule has 0 aromatic heterocycles. The molecule has 1 heterocycles. The smallest absolute Gasteiger partial charge is 0.0602 e. The summed E-state index contributed by atoms with van der Waals surface area (Å²) in [5.41, 5.74) is 3.91. The molecule has 1 N–H and O–H groups in total. The molecule has 1 fully saturated rings. The Morgan fingerprint density at radius 2 is 1.53 bits per heavy atom. The fourth-order valence-corrected chi connectivity index (χ4v) is 2.65. The van der Waals surface area contributed by atoms with Crippen molar-refractivity contribution in [2.45, 2.75) is 19.4 Å². The van der Waals surface area contributed by atoms with Crippen LogP contribution in [0.5, 0.6) is 0 Å². The van der Waals surface area contributed by atoms with Gasteiger partial charge in [0.15, 0.2) is 0 Å². The van der Waals surface area contributed by atoms with Crippen molar-refractivity contribution in [2.75, 3.05) is 23.3 Å². The van der Waals surface area contributed by atoms with Gasteiger partial charge in [0, 0.05) is 19.6 Å². The maximum atomic E-state index is 3.56. The average molecular weight is 252 g/mol. The molecule has 2 aromatic carbocycles. The molecule has 0 atom stereocenters. The van der Waals surface area contributed by atoms with Crippen molar-refractivity contribution in [1.29, 1.82) is 0 Å². The van der Waals surface area contributed by atoms with Gasteiger partial charge in [0.2, 0.25) is 0 Å². The molecule has 2 nitrogen and oxygen atoms in total. The molecule has 1 saturated heterocycles. The quantitative estimate of drug-likeness (QED) is 0.887. The maximum Gasteiger partial charge on any atom is 0.0602 e. The second-order valence-electron chi connectivity index (χ2n) is 5.05. The van der Waals surface area contributed by atoms with Crippen LogP contribution in [0.1, 0.15) is 18.4 Å². The molecule has 0 amide bonds. The molecule has 0 bridgehead atoms. The van der Waals surface area contributed by atoms with Crippen LogP contribution in [-0.2, 0) is 6.54 Å². The number of rotatable bonds is 4. The van der Waals surface area contributed by atoms with E-state index in [1.165, 1.54) is 42.9 Å². The lowest BCUT2D eigenvalue weighted by atomic mass is 10.2.